The number of hydrogen-bond acceptors (Lipinski definition) is 3. The average molecular weight is 309 g/mol. The molecule has 0 saturated carbocycles. The van der Waals surface area contributed by atoms with Crippen LogP contribution in [0.25, 0.3) is 0 Å². The van der Waals surface area contributed by atoms with Gasteiger partial charge >= 0.3 is 0 Å². The SMILES string of the molecule is COc1ccc(CCN)cc1OC.I. The van der Waals surface area contributed by atoms with Crippen molar-refractivity contribution in [2.45, 2.75) is 6.42 Å². The molecule has 0 fully saturated rings. The molecular formula is C10H16INO2. The molecule has 0 aliphatic carbocycles. The highest BCUT2D eigenvalue weighted by Crippen LogP contribution is 2.27. The molecule has 0 aromatic heterocycles. The highest BCUT2D eigenvalue weighted by molar-refractivity contribution is 14.0. The first-order valence-electron chi connectivity index (χ1n) is 4.22. The molecule has 1 rings (SSSR count). The molecule has 0 aliphatic rings. The van der Waals surface area contributed by atoms with Gasteiger partial charge in [0.25, 0.3) is 0 Å². The van der Waals surface area contributed by atoms with E-state index in [1.165, 1.54) is 5.56 Å². The van der Waals surface area contributed by atoms with Gasteiger partial charge < -0.3 is 15.2 Å². The highest BCUT2D eigenvalue weighted by Gasteiger charge is 2.03. The molecule has 14 heavy (non-hydrogen) atoms. The fourth-order valence-electron chi connectivity index (χ4n) is 1.20. The predicted molar refractivity (Wildman–Crippen MR) is 67.7 cm³/mol. The van der Waals surface area contributed by atoms with E-state index in [4.69, 9.17) is 15.2 Å². The van der Waals surface area contributed by atoms with Crippen LogP contribution in [0.2, 0.25) is 0 Å². The zero-order chi connectivity index (χ0) is 9.68. The lowest BCUT2D eigenvalue weighted by Crippen LogP contribution is -2.03. The molecule has 0 saturated heterocycles. The van der Waals surface area contributed by atoms with Crippen LogP contribution in [0.5, 0.6) is 11.5 Å². The summed E-state index contributed by atoms with van der Waals surface area (Å²) in [7, 11) is 3.25. The second-order valence-electron chi connectivity index (χ2n) is 2.73. The van der Waals surface area contributed by atoms with Gasteiger partial charge in [-0.2, -0.15) is 0 Å². The van der Waals surface area contributed by atoms with Crippen LogP contribution < -0.4 is 15.2 Å². The Bertz CT molecular complexity index is 279. The van der Waals surface area contributed by atoms with E-state index in [1.807, 2.05) is 18.2 Å². The number of ether oxygens (including phenoxy) is 2. The lowest BCUT2D eigenvalue weighted by atomic mass is 10.1. The summed E-state index contributed by atoms with van der Waals surface area (Å²) in [5.41, 5.74) is 6.62. The van der Waals surface area contributed by atoms with E-state index in [-0.39, 0.29) is 24.0 Å². The van der Waals surface area contributed by atoms with Crippen LogP contribution in [0.15, 0.2) is 18.2 Å². The van der Waals surface area contributed by atoms with Crippen LogP contribution in [0.1, 0.15) is 5.56 Å². The van der Waals surface area contributed by atoms with Gasteiger partial charge in [0.1, 0.15) is 0 Å². The van der Waals surface area contributed by atoms with Crippen molar-refractivity contribution < 1.29 is 9.47 Å². The fraction of sp³-hybridized carbons (Fsp3) is 0.400. The van der Waals surface area contributed by atoms with Crippen LogP contribution in [-0.2, 0) is 6.42 Å². The summed E-state index contributed by atoms with van der Waals surface area (Å²) < 4.78 is 10.3. The molecule has 0 heterocycles. The Hall–Kier alpha value is -0.490. The summed E-state index contributed by atoms with van der Waals surface area (Å²) in [6.45, 7) is 0.648. The normalized spacial score (nSPS) is 9.07. The largest absolute Gasteiger partial charge is 0.493 e. The maximum atomic E-state index is 5.45. The summed E-state index contributed by atoms with van der Waals surface area (Å²) in [5.74, 6) is 1.51. The Balaban J connectivity index is 0.00000169. The van der Waals surface area contributed by atoms with Crippen LogP contribution in [0, 0.1) is 0 Å². The summed E-state index contributed by atoms with van der Waals surface area (Å²) in [6.07, 6.45) is 0.861. The molecule has 0 amide bonds. The molecule has 1 aromatic carbocycles. The smallest absolute Gasteiger partial charge is 0.160 e. The van der Waals surface area contributed by atoms with E-state index in [9.17, 15) is 0 Å². The van der Waals surface area contributed by atoms with Crippen LogP contribution in [-0.4, -0.2) is 20.8 Å². The van der Waals surface area contributed by atoms with Crippen molar-refractivity contribution in [2.75, 3.05) is 20.8 Å². The zero-order valence-corrected chi connectivity index (χ0v) is 10.8. The van der Waals surface area contributed by atoms with E-state index < -0.39 is 0 Å². The summed E-state index contributed by atoms with van der Waals surface area (Å²) >= 11 is 0. The predicted octanol–water partition coefficient (Wildman–Crippen LogP) is 1.82. The van der Waals surface area contributed by atoms with Gasteiger partial charge in [-0.25, -0.2) is 0 Å². The molecule has 0 bridgehead atoms. The number of hydrogen-bond donors (Lipinski definition) is 1. The van der Waals surface area contributed by atoms with Crippen molar-refractivity contribution in [1.82, 2.24) is 0 Å². The summed E-state index contributed by atoms with van der Waals surface area (Å²) in [6, 6.07) is 5.84. The Morgan fingerprint density at radius 2 is 1.79 bits per heavy atom. The number of rotatable bonds is 4. The summed E-state index contributed by atoms with van der Waals surface area (Å²) in [5, 5.41) is 0. The minimum Gasteiger partial charge on any atom is -0.493 e. The number of benzene rings is 1. The zero-order valence-electron chi connectivity index (χ0n) is 8.45. The third kappa shape index (κ3) is 3.34. The molecule has 0 radical (unpaired) electrons. The van der Waals surface area contributed by atoms with Crippen LogP contribution in [0.4, 0.5) is 0 Å². The molecule has 2 N–H and O–H groups in total. The topological polar surface area (TPSA) is 44.5 Å². The minimum atomic E-state index is 0. The lowest BCUT2D eigenvalue weighted by Gasteiger charge is -2.08. The highest BCUT2D eigenvalue weighted by atomic mass is 127. The van der Waals surface area contributed by atoms with E-state index in [2.05, 4.69) is 0 Å². The van der Waals surface area contributed by atoms with Crippen molar-refractivity contribution in [1.29, 1.82) is 0 Å². The van der Waals surface area contributed by atoms with Gasteiger partial charge in [0.15, 0.2) is 11.5 Å². The van der Waals surface area contributed by atoms with E-state index in [1.54, 1.807) is 14.2 Å². The first-order valence-corrected chi connectivity index (χ1v) is 4.22. The molecule has 4 heteroatoms. The third-order valence-corrected chi connectivity index (χ3v) is 1.88. The Morgan fingerprint density at radius 1 is 1.14 bits per heavy atom. The van der Waals surface area contributed by atoms with E-state index in [0.717, 1.165) is 17.9 Å². The Morgan fingerprint density at radius 3 is 2.29 bits per heavy atom. The molecule has 3 nitrogen and oxygen atoms in total. The van der Waals surface area contributed by atoms with Gasteiger partial charge in [0.05, 0.1) is 14.2 Å². The quantitative estimate of drug-likeness (QED) is 0.863. The molecule has 0 aliphatic heterocycles. The maximum Gasteiger partial charge on any atom is 0.160 e. The molecule has 1 aromatic rings. The Kier molecular flexibility index (Phi) is 6.65. The number of nitrogens with two attached hydrogens (primary N) is 1. The summed E-state index contributed by atoms with van der Waals surface area (Å²) in [4.78, 5) is 0. The first kappa shape index (κ1) is 13.5. The monoisotopic (exact) mass is 309 g/mol. The molecule has 80 valence electrons. The maximum absolute atomic E-state index is 5.45. The van der Waals surface area contributed by atoms with E-state index >= 15 is 0 Å². The van der Waals surface area contributed by atoms with Crippen molar-refractivity contribution in [3.05, 3.63) is 23.8 Å². The van der Waals surface area contributed by atoms with E-state index in [0.29, 0.717) is 6.54 Å². The van der Waals surface area contributed by atoms with Gasteiger partial charge in [0, 0.05) is 0 Å². The van der Waals surface area contributed by atoms with Gasteiger partial charge in [-0.05, 0) is 30.7 Å². The van der Waals surface area contributed by atoms with Crippen molar-refractivity contribution >= 4 is 24.0 Å². The third-order valence-electron chi connectivity index (χ3n) is 1.88. The molecule has 0 spiro atoms. The average Bonchev–Trinajstić information content (AvgIpc) is 2.18. The molecule has 0 unspecified atom stereocenters. The van der Waals surface area contributed by atoms with Crippen LogP contribution in [0.3, 0.4) is 0 Å². The molecular weight excluding hydrogens is 293 g/mol. The minimum absolute atomic E-state index is 0. The second kappa shape index (κ2) is 6.89. The van der Waals surface area contributed by atoms with Gasteiger partial charge in [-0.1, -0.05) is 6.07 Å². The standard InChI is InChI=1S/C10H15NO2.HI/c1-12-9-4-3-8(5-6-11)7-10(9)13-2;/h3-4,7H,5-6,11H2,1-2H3;1H. The molecule has 0 atom stereocenters. The second-order valence-corrected chi connectivity index (χ2v) is 2.73. The van der Waals surface area contributed by atoms with Crippen LogP contribution >= 0.6 is 24.0 Å². The van der Waals surface area contributed by atoms with Crippen molar-refractivity contribution in [3.8, 4) is 11.5 Å². The van der Waals surface area contributed by atoms with Gasteiger partial charge in [0.2, 0.25) is 0 Å². The fourth-order valence-corrected chi connectivity index (χ4v) is 1.20. The number of methoxy groups -OCH3 is 2. The first-order chi connectivity index (χ1) is 6.31. The Labute approximate surface area is 102 Å². The van der Waals surface area contributed by atoms with Crippen molar-refractivity contribution in [2.24, 2.45) is 5.73 Å². The van der Waals surface area contributed by atoms with Crippen molar-refractivity contribution in [3.63, 3.8) is 0 Å². The number of halogens is 1. The lowest BCUT2D eigenvalue weighted by molar-refractivity contribution is 0.354. The van der Waals surface area contributed by atoms with Gasteiger partial charge in [-0.15, -0.1) is 24.0 Å². The van der Waals surface area contributed by atoms with Gasteiger partial charge in [-0.3, -0.25) is 0 Å².